The molecule has 7 nitrogen and oxygen atoms in total. The highest BCUT2D eigenvalue weighted by Gasteiger charge is 2.28. The lowest BCUT2D eigenvalue weighted by Crippen LogP contribution is -2.32. The van der Waals surface area contributed by atoms with Gasteiger partial charge in [-0.15, -0.1) is 11.3 Å². The number of amides is 2. The van der Waals surface area contributed by atoms with Crippen LogP contribution >= 0.6 is 11.3 Å². The SMILES string of the molecule is Cc1ccc(-c2cc(C(=O)Nc3sc4c(c3C(=O)NC[C@@H]3CCCO3)CCCC4)no2)cc1F. The van der Waals surface area contributed by atoms with E-state index in [0.29, 0.717) is 34.0 Å². The van der Waals surface area contributed by atoms with Gasteiger partial charge in [0.15, 0.2) is 11.5 Å². The van der Waals surface area contributed by atoms with Crippen molar-refractivity contribution in [1.82, 2.24) is 10.5 Å². The number of thiophene rings is 1. The number of benzene rings is 1. The highest BCUT2D eigenvalue weighted by Crippen LogP contribution is 2.38. The molecule has 1 aromatic carbocycles. The number of ether oxygens (including phenoxy) is 1. The van der Waals surface area contributed by atoms with E-state index < -0.39 is 5.91 Å². The third-order valence-electron chi connectivity index (χ3n) is 6.34. The zero-order valence-corrected chi connectivity index (χ0v) is 19.7. The van der Waals surface area contributed by atoms with Gasteiger partial charge >= 0.3 is 0 Å². The predicted molar refractivity (Wildman–Crippen MR) is 127 cm³/mol. The van der Waals surface area contributed by atoms with E-state index in [0.717, 1.165) is 55.6 Å². The first kappa shape index (κ1) is 22.7. The molecule has 2 aromatic heterocycles. The molecule has 178 valence electrons. The van der Waals surface area contributed by atoms with Gasteiger partial charge in [-0.3, -0.25) is 9.59 Å². The third kappa shape index (κ3) is 4.63. The van der Waals surface area contributed by atoms with Gasteiger partial charge in [0.1, 0.15) is 10.8 Å². The quantitative estimate of drug-likeness (QED) is 0.521. The van der Waals surface area contributed by atoms with Crippen molar-refractivity contribution in [2.75, 3.05) is 18.5 Å². The third-order valence-corrected chi connectivity index (χ3v) is 7.55. The number of halogens is 1. The Morgan fingerprint density at radius 2 is 2.03 bits per heavy atom. The van der Waals surface area contributed by atoms with Crippen molar-refractivity contribution in [3.63, 3.8) is 0 Å². The maximum atomic E-state index is 13.9. The zero-order valence-electron chi connectivity index (χ0n) is 18.9. The van der Waals surface area contributed by atoms with E-state index in [1.54, 1.807) is 19.1 Å². The minimum atomic E-state index is -0.477. The number of nitrogens with zero attached hydrogens (tertiary/aromatic N) is 1. The molecule has 3 heterocycles. The standard InChI is InChI=1S/C25H26FN3O4S/c1-14-8-9-15(11-18(14)26)20-12-19(29-33-20)23(30)28-25-22(17-6-2-3-7-21(17)34-25)24(31)27-13-16-5-4-10-32-16/h8-9,11-12,16H,2-7,10,13H2,1H3,(H,27,31)(H,28,30)/t16-/m0/s1. The largest absolute Gasteiger partial charge is 0.376 e. The van der Waals surface area contributed by atoms with Gasteiger partial charge in [0.05, 0.1) is 11.7 Å². The molecule has 0 bridgehead atoms. The maximum Gasteiger partial charge on any atom is 0.278 e. The number of anilines is 1. The first-order valence-corrected chi connectivity index (χ1v) is 12.4. The van der Waals surface area contributed by atoms with Gasteiger partial charge in [0.25, 0.3) is 11.8 Å². The van der Waals surface area contributed by atoms with Crippen molar-refractivity contribution in [1.29, 1.82) is 0 Å². The molecular formula is C25H26FN3O4S. The lowest BCUT2D eigenvalue weighted by molar-refractivity contribution is 0.0858. The summed E-state index contributed by atoms with van der Waals surface area (Å²) < 4.78 is 24.8. The molecule has 5 rings (SSSR count). The Balaban J connectivity index is 1.36. The summed E-state index contributed by atoms with van der Waals surface area (Å²) in [5.41, 5.74) is 2.64. The van der Waals surface area contributed by atoms with Crippen molar-refractivity contribution in [2.24, 2.45) is 0 Å². The number of aromatic nitrogens is 1. The van der Waals surface area contributed by atoms with E-state index in [4.69, 9.17) is 9.26 Å². The Labute approximate surface area is 200 Å². The molecular weight excluding hydrogens is 457 g/mol. The van der Waals surface area contributed by atoms with Crippen LogP contribution in [0.5, 0.6) is 0 Å². The first-order valence-electron chi connectivity index (χ1n) is 11.6. The second kappa shape index (κ2) is 9.68. The average molecular weight is 484 g/mol. The van der Waals surface area contributed by atoms with Gasteiger partial charge in [0, 0.05) is 29.7 Å². The summed E-state index contributed by atoms with van der Waals surface area (Å²) >= 11 is 1.45. The molecule has 0 spiro atoms. The Hall–Kier alpha value is -3.04. The topological polar surface area (TPSA) is 93.5 Å². The minimum absolute atomic E-state index is 0.0385. The summed E-state index contributed by atoms with van der Waals surface area (Å²) in [4.78, 5) is 27.3. The van der Waals surface area contributed by atoms with E-state index in [9.17, 15) is 14.0 Å². The van der Waals surface area contributed by atoms with Crippen LogP contribution in [0.15, 0.2) is 28.8 Å². The van der Waals surface area contributed by atoms with Crippen molar-refractivity contribution in [3.8, 4) is 11.3 Å². The van der Waals surface area contributed by atoms with E-state index in [2.05, 4.69) is 15.8 Å². The molecule has 3 aromatic rings. The van der Waals surface area contributed by atoms with Gasteiger partial charge < -0.3 is 19.9 Å². The maximum absolute atomic E-state index is 13.9. The number of aryl methyl sites for hydroxylation is 2. The summed E-state index contributed by atoms with van der Waals surface area (Å²) in [7, 11) is 0. The van der Waals surface area contributed by atoms with Gasteiger partial charge in [-0.25, -0.2) is 4.39 Å². The molecule has 0 unspecified atom stereocenters. The highest BCUT2D eigenvalue weighted by molar-refractivity contribution is 7.17. The van der Waals surface area contributed by atoms with Gasteiger partial charge in [-0.05, 0) is 62.6 Å². The summed E-state index contributed by atoms with van der Waals surface area (Å²) in [5, 5.41) is 10.2. The molecule has 2 amide bonds. The molecule has 1 aliphatic heterocycles. The molecule has 0 saturated carbocycles. The van der Waals surface area contributed by atoms with Crippen LogP contribution in [-0.4, -0.2) is 36.2 Å². The summed E-state index contributed by atoms with van der Waals surface area (Å²) in [6.07, 6.45) is 5.78. The lowest BCUT2D eigenvalue weighted by Gasteiger charge is -2.15. The van der Waals surface area contributed by atoms with Crippen molar-refractivity contribution >= 4 is 28.2 Å². The number of hydrogen-bond donors (Lipinski definition) is 2. The van der Waals surface area contributed by atoms with Crippen molar-refractivity contribution in [3.05, 3.63) is 57.3 Å². The van der Waals surface area contributed by atoms with Crippen LogP contribution in [0.25, 0.3) is 11.3 Å². The highest BCUT2D eigenvalue weighted by atomic mass is 32.1. The summed E-state index contributed by atoms with van der Waals surface area (Å²) in [5.74, 6) is -0.734. The number of rotatable bonds is 6. The van der Waals surface area contributed by atoms with Gasteiger partial charge in [-0.2, -0.15) is 0 Å². The number of carbonyl (C=O) groups is 2. The van der Waals surface area contributed by atoms with Gasteiger partial charge in [0.2, 0.25) is 0 Å². The Morgan fingerprint density at radius 1 is 1.18 bits per heavy atom. The fraction of sp³-hybridized carbons (Fsp3) is 0.400. The van der Waals surface area contributed by atoms with Crippen LogP contribution in [0.4, 0.5) is 9.39 Å². The van der Waals surface area contributed by atoms with Crippen molar-refractivity contribution in [2.45, 2.75) is 51.6 Å². The smallest absolute Gasteiger partial charge is 0.278 e. The molecule has 1 aliphatic carbocycles. The monoisotopic (exact) mass is 483 g/mol. The zero-order chi connectivity index (χ0) is 23.7. The number of fused-ring (bicyclic) bond motifs is 1. The van der Waals surface area contributed by atoms with Crippen LogP contribution in [-0.2, 0) is 17.6 Å². The fourth-order valence-corrected chi connectivity index (χ4v) is 5.71. The van der Waals surface area contributed by atoms with Gasteiger partial charge in [-0.1, -0.05) is 17.3 Å². The van der Waals surface area contributed by atoms with E-state index >= 15 is 0 Å². The van der Waals surface area contributed by atoms with Crippen LogP contribution in [0.3, 0.4) is 0 Å². The fourth-order valence-electron chi connectivity index (χ4n) is 4.43. The normalized spacial score (nSPS) is 17.4. The molecule has 9 heteroatoms. The predicted octanol–water partition coefficient (Wildman–Crippen LogP) is 4.89. The molecule has 2 N–H and O–H groups in total. The molecule has 1 saturated heterocycles. The van der Waals surface area contributed by atoms with Crippen LogP contribution < -0.4 is 10.6 Å². The first-order chi connectivity index (χ1) is 16.5. The van der Waals surface area contributed by atoms with E-state index in [1.165, 1.54) is 23.5 Å². The second-order valence-electron chi connectivity index (χ2n) is 8.75. The second-order valence-corrected chi connectivity index (χ2v) is 9.86. The van der Waals surface area contributed by atoms with Crippen LogP contribution in [0.1, 0.15) is 62.5 Å². The summed E-state index contributed by atoms with van der Waals surface area (Å²) in [6, 6.07) is 6.18. The number of nitrogens with one attached hydrogen (secondary N) is 2. The Kier molecular flexibility index (Phi) is 6.47. The van der Waals surface area contributed by atoms with E-state index in [-0.39, 0.29) is 23.5 Å². The number of hydrogen-bond acceptors (Lipinski definition) is 6. The van der Waals surface area contributed by atoms with Crippen LogP contribution in [0.2, 0.25) is 0 Å². The molecule has 34 heavy (non-hydrogen) atoms. The average Bonchev–Trinajstić information content (AvgIpc) is 3.59. The van der Waals surface area contributed by atoms with E-state index in [1.807, 2.05) is 0 Å². The van der Waals surface area contributed by atoms with Crippen LogP contribution in [0, 0.1) is 12.7 Å². The minimum Gasteiger partial charge on any atom is -0.376 e. The van der Waals surface area contributed by atoms with Crippen molar-refractivity contribution < 1.29 is 23.2 Å². The lowest BCUT2D eigenvalue weighted by atomic mass is 9.95. The molecule has 0 radical (unpaired) electrons. The Bertz CT molecular complexity index is 1230. The molecule has 1 fully saturated rings. The Morgan fingerprint density at radius 3 is 2.82 bits per heavy atom. The molecule has 2 aliphatic rings. The summed E-state index contributed by atoms with van der Waals surface area (Å²) in [6.45, 7) is 2.86. The number of carbonyl (C=O) groups excluding carboxylic acids is 2. The molecule has 1 atom stereocenters.